The Morgan fingerprint density at radius 3 is 2.78 bits per heavy atom. The second kappa shape index (κ2) is 5.03. The van der Waals surface area contributed by atoms with Gasteiger partial charge in [0, 0.05) is 11.8 Å². The lowest BCUT2D eigenvalue weighted by molar-refractivity contribution is -0.115. The molecular formula is C20H28O3. The van der Waals surface area contributed by atoms with Gasteiger partial charge in [-0.25, -0.2) is 0 Å². The van der Waals surface area contributed by atoms with Crippen LogP contribution in [0.5, 0.6) is 0 Å². The van der Waals surface area contributed by atoms with Crippen LogP contribution >= 0.6 is 0 Å². The normalized spacial score (nSPS) is 46.2. The Bertz CT molecular complexity index is 616. The largest absolute Gasteiger partial charge is 0.389 e. The van der Waals surface area contributed by atoms with E-state index in [0.29, 0.717) is 24.7 Å². The van der Waals surface area contributed by atoms with E-state index in [1.807, 2.05) is 6.08 Å². The third-order valence-corrected chi connectivity index (χ3v) is 7.61. The maximum Gasteiger partial charge on any atom is 0.156 e. The van der Waals surface area contributed by atoms with E-state index in [0.717, 1.165) is 38.5 Å². The van der Waals surface area contributed by atoms with Gasteiger partial charge in [0.25, 0.3) is 0 Å². The fraction of sp³-hybridized carbons (Fsp3) is 0.750. The Kier molecular flexibility index (Phi) is 3.41. The highest BCUT2D eigenvalue weighted by Gasteiger charge is 2.61. The molecule has 0 spiro atoms. The predicted molar refractivity (Wildman–Crippen MR) is 88.8 cm³/mol. The van der Waals surface area contributed by atoms with E-state index in [9.17, 15) is 15.0 Å². The number of carbonyl (C=O) groups is 1. The van der Waals surface area contributed by atoms with Crippen LogP contribution in [0.4, 0.5) is 0 Å². The molecule has 2 saturated carbocycles. The quantitative estimate of drug-likeness (QED) is 0.780. The van der Waals surface area contributed by atoms with Gasteiger partial charge in [0.05, 0.1) is 11.7 Å². The lowest BCUT2D eigenvalue weighted by Gasteiger charge is -2.53. The minimum atomic E-state index is -0.631. The van der Waals surface area contributed by atoms with Crippen molar-refractivity contribution in [2.45, 2.75) is 76.9 Å². The monoisotopic (exact) mass is 316 g/mol. The molecule has 4 rings (SSSR count). The third-order valence-electron chi connectivity index (χ3n) is 7.61. The lowest BCUT2D eigenvalue weighted by Crippen LogP contribution is -2.53. The van der Waals surface area contributed by atoms with Crippen LogP contribution in [-0.2, 0) is 4.79 Å². The van der Waals surface area contributed by atoms with Crippen LogP contribution in [0, 0.1) is 17.3 Å². The first-order chi connectivity index (χ1) is 10.9. The maximum absolute atomic E-state index is 11.7. The number of aliphatic hydroxyl groups is 2. The first-order valence-corrected chi connectivity index (χ1v) is 9.27. The molecule has 0 amide bonds. The molecule has 0 aromatic rings. The second-order valence-electron chi connectivity index (χ2n) is 8.38. The molecule has 2 N–H and O–H groups in total. The summed E-state index contributed by atoms with van der Waals surface area (Å²) in [5.41, 5.74) is 2.87. The van der Waals surface area contributed by atoms with Crippen molar-refractivity contribution in [2.75, 3.05) is 0 Å². The van der Waals surface area contributed by atoms with Gasteiger partial charge >= 0.3 is 0 Å². The Morgan fingerprint density at radius 2 is 2.04 bits per heavy atom. The maximum atomic E-state index is 11.7. The van der Waals surface area contributed by atoms with E-state index in [-0.39, 0.29) is 11.2 Å². The van der Waals surface area contributed by atoms with Gasteiger partial charge in [-0.1, -0.05) is 13.8 Å². The average Bonchev–Trinajstić information content (AvgIpc) is 2.78. The molecule has 5 atom stereocenters. The summed E-state index contributed by atoms with van der Waals surface area (Å²) in [6.07, 6.45) is 8.09. The summed E-state index contributed by atoms with van der Waals surface area (Å²) in [5, 5.41) is 22.1. The van der Waals surface area contributed by atoms with Gasteiger partial charge in [-0.05, 0) is 79.6 Å². The van der Waals surface area contributed by atoms with Gasteiger partial charge in [-0.15, -0.1) is 0 Å². The molecule has 0 bridgehead atoms. The number of hydrogen-bond donors (Lipinski definition) is 2. The van der Waals surface area contributed by atoms with Crippen LogP contribution in [-0.4, -0.2) is 27.7 Å². The fourth-order valence-corrected chi connectivity index (χ4v) is 6.29. The number of ketones is 1. The smallest absolute Gasteiger partial charge is 0.156 e. The lowest BCUT2D eigenvalue weighted by atomic mass is 9.54. The first-order valence-electron chi connectivity index (χ1n) is 9.27. The molecule has 23 heavy (non-hydrogen) atoms. The molecule has 2 fully saturated rings. The Labute approximate surface area is 138 Å². The van der Waals surface area contributed by atoms with Gasteiger partial charge in [0.15, 0.2) is 5.78 Å². The number of hydrogen-bond acceptors (Lipinski definition) is 3. The summed E-state index contributed by atoms with van der Waals surface area (Å²) in [6.45, 7) is 4.27. The summed E-state index contributed by atoms with van der Waals surface area (Å²) < 4.78 is 0. The van der Waals surface area contributed by atoms with E-state index < -0.39 is 11.7 Å². The van der Waals surface area contributed by atoms with Crippen LogP contribution in [0.3, 0.4) is 0 Å². The molecule has 4 aliphatic rings. The molecule has 0 radical (unpaired) electrons. The van der Waals surface area contributed by atoms with Crippen LogP contribution in [0.1, 0.15) is 65.2 Å². The van der Waals surface area contributed by atoms with E-state index in [4.69, 9.17) is 0 Å². The third kappa shape index (κ3) is 1.99. The summed E-state index contributed by atoms with van der Waals surface area (Å²) in [7, 11) is 0. The summed E-state index contributed by atoms with van der Waals surface area (Å²) in [4.78, 5) is 11.7. The number of fused-ring (bicyclic) bond motifs is 4. The molecule has 0 aliphatic heterocycles. The fourth-order valence-electron chi connectivity index (χ4n) is 6.29. The van der Waals surface area contributed by atoms with Crippen molar-refractivity contribution in [2.24, 2.45) is 17.3 Å². The van der Waals surface area contributed by atoms with Gasteiger partial charge in [-0.3, -0.25) is 4.79 Å². The van der Waals surface area contributed by atoms with Gasteiger partial charge in [0.2, 0.25) is 0 Å². The number of rotatable bonds is 1. The minimum Gasteiger partial charge on any atom is -0.389 e. The van der Waals surface area contributed by atoms with Crippen LogP contribution in [0.25, 0.3) is 0 Å². The zero-order valence-corrected chi connectivity index (χ0v) is 14.3. The standard InChI is InChI=1S/C20H28O3/c1-3-20(23)9-8-16-15-6-4-12-10-13(21)5-7-14(12)18(15)17(22)11-19(16,20)2/h10,15-17,22-23H,3-9,11H2,1-2H3/t15-,16-,17-,19-,20-/m0/s1. The average molecular weight is 316 g/mol. The van der Waals surface area contributed by atoms with E-state index in [1.54, 1.807) is 0 Å². The first kappa shape index (κ1) is 15.6. The van der Waals surface area contributed by atoms with Gasteiger partial charge in [-0.2, -0.15) is 0 Å². The number of allylic oxidation sites excluding steroid dienone is 3. The van der Waals surface area contributed by atoms with E-state index in [2.05, 4.69) is 13.8 Å². The van der Waals surface area contributed by atoms with Crippen molar-refractivity contribution in [3.05, 3.63) is 22.8 Å². The summed E-state index contributed by atoms with van der Waals surface area (Å²) in [6, 6.07) is 0. The molecule has 0 saturated heterocycles. The topological polar surface area (TPSA) is 57.5 Å². The van der Waals surface area contributed by atoms with Crippen LogP contribution in [0.2, 0.25) is 0 Å². The Morgan fingerprint density at radius 1 is 1.26 bits per heavy atom. The summed E-state index contributed by atoms with van der Waals surface area (Å²) in [5.74, 6) is 1.10. The molecular weight excluding hydrogens is 288 g/mol. The minimum absolute atomic E-state index is 0.179. The van der Waals surface area contributed by atoms with Crippen molar-refractivity contribution in [1.29, 1.82) is 0 Å². The molecule has 0 unspecified atom stereocenters. The van der Waals surface area contributed by atoms with E-state index >= 15 is 0 Å². The van der Waals surface area contributed by atoms with Crippen molar-refractivity contribution < 1.29 is 15.0 Å². The van der Waals surface area contributed by atoms with Crippen molar-refractivity contribution in [3.63, 3.8) is 0 Å². The van der Waals surface area contributed by atoms with Crippen LogP contribution in [0.15, 0.2) is 22.8 Å². The molecule has 0 aromatic heterocycles. The number of aliphatic hydroxyl groups excluding tert-OH is 1. The van der Waals surface area contributed by atoms with Crippen LogP contribution < -0.4 is 0 Å². The summed E-state index contributed by atoms with van der Waals surface area (Å²) >= 11 is 0. The zero-order valence-electron chi connectivity index (χ0n) is 14.3. The second-order valence-corrected chi connectivity index (χ2v) is 8.38. The van der Waals surface area contributed by atoms with Crippen molar-refractivity contribution in [1.82, 2.24) is 0 Å². The van der Waals surface area contributed by atoms with Crippen molar-refractivity contribution >= 4 is 5.78 Å². The molecule has 3 nitrogen and oxygen atoms in total. The number of carbonyl (C=O) groups excluding carboxylic acids is 1. The van der Waals surface area contributed by atoms with E-state index in [1.165, 1.54) is 16.7 Å². The van der Waals surface area contributed by atoms with Gasteiger partial charge < -0.3 is 10.2 Å². The highest BCUT2D eigenvalue weighted by atomic mass is 16.3. The molecule has 3 heteroatoms. The van der Waals surface area contributed by atoms with Crippen molar-refractivity contribution in [3.8, 4) is 0 Å². The molecule has 4 aliphatic carbocycles. The molecule has 0 aromatic carbocycles. The molecule has 0 heterocycles. The Balaban J connectivity index is 1.79. The molecule has 126 valence electrons. The Hall–Kier alpha value is -0.930. The highest BCUT2D eigenvalue weighted by molar-refractivity contribution is 5.93. The SMILES string of the molecule is CC[C@]1(O)CC[C@H]2[C@@H]3CCC4=CC(=O)CCC4=C3[C@@H](O)C[C@@]21C. The zero-order chi connectivity index (χ0) is 16.4. The highest BCUT2D eigenvalue weighted by Crippen LogP contribution is 2.64. The van der Waals surface area contributed by atoms with Gasteiger partial charge in [0.1, 0.15) is 0 Å². The predicted octanol–water partition coefficient (Wildman–Crippen LogP) is 3.30.